The molecule has 0 spiro atoms. The SMILES string of the molecule is CC.CC(N)C(C)(C)C.O=CC(F)(F)F. The zero-order chi connectivity index (χ0) is 13.3. The van der Waals surface area contributed by atoms with Crippen molar-refractivity contribution in [3.63, 3.8) is 0 Å². The van der Waals surface area contributed by atoms with E-state index in [1.165, 1.54) is 0 Å². The second-order valence-corrected chi connectivity index (χ2v) is 3.81. The molecule has 0 amide bonds. The Labute approximate surface area is 90.0 Å². The van der Waals surface area contributed by atoms with E-state index < -0.39 is 12.5 Å². The van der Waals surface area contributed by atoms with Gasteiger partial charge >= 0.3 is 6.18 Å². The molecular formula is C10H22F3NO. The summed E-state index contributed by atoms with van der Waals surface area (Å²) in [4.78, 5) is 8.70. The highest BCUT2D eigenvalue weighted by Crippen LogP contribution is 2.15. The van der Waals surface area contributed by atoms with Crippen LogP contribution >= 0.6 is 0 Å². The summed E-state index contributed by atoms with van der Waals surface area (Å²) in [5.74, 6) is 0. The van der Waals surface area contributed by atoms with Gasteiger partial charge in [0, 0.05) is 6.04 Å². The molecule has 0 rings (SSSR count). The number of nitrogens with two attached hydrogens (primary N) is 1. The molecule has 0 radical (unpaired) electrons. The number of hydrogen-bond acceptors (Lipinski definition) is 2. The molecule has 5 heteroatoms. The first kappa shape index (κ1) is 19.9. The number of carbonyl (C=O) groups is 1. The molecule has 2 N–H and O–H groups in total. The lowest BCUT2D eigenvalue weighted by molar-refractivity contribution is -0.156. The van der Waals surface area contributed by atoms with E-state index in [1.54, 1.807) is 0 Å². The second kappa shape index (κ2) is 8.71. The van der Waals surface area contributed by atoms with Gasteiger partial charge in [0.05, 0.1) is 0 Å². The van der Waals surface area contributed by atoms with Crippen molar-refractivity contribution < 1.29 is 18.0 Å². The Morgan fingerprint density at radius 2 is 1.27 bits per heavy atom. The van der Waals surface area contributed by atoms with Gasteiger partial charge in [-0.25, -0.2) is 0 Å². The highest BCUT2D eigenvalue weighted by atomic mass is 19.4. The Kier molecular flexibility index (Phi) is 11.6. The van der Waals surface area contributed by atoms with Crippen molar-refractivity contribution in [1.82, 2.24) is 0 Å². The lowest BCUT2D eigenvalue weighted by Gasteiger charge is -2.22. The zero-order valence-corrected chi connectivity index (χ0v) is 10.3. The van der Waals surface area contributed by atoms with Gasteiger partial charge in [-0.15, -0.1) is 0 Å². The molecule has 0 aliphatic carbocycles. The van der Waals surface area contributed by atoms with Gasteiger partial charge in [-0.2, -0.15) is 13.2 Å². The minimum atomic E-state index is -4.64. The van der Waals surface area contributed by atoms with E-state index in [2.05, 4.69) is 20.8 Å². The molecule has 0 aliphatic heterocycles. The summed E-state index contributed by atoms with van der Waals surface area (Å²) < 4.78 is 31.2. The van der Waals surface area contributed by atoms with E-state index in [9.17, 15) is 13.2 Å². The fraction of sp³-hybridized carbons (Fsp3) is 0.900. The molecule has 15 heavy (non-hydrogen) atoms. The molecule has 0 heterocycles. The maximum Gasteiger partial charge on any atom is 0.446 e. The lowest BCUT2D eigenvalue weighted by atomic mass is 9.89. The van der Waals surface area contributed by atoms with Crippen LogP contribution in [0.3, 0.4) is 0 Å². The molecule has 0 bridgehead atoms. The lowest BCUT2D eigenvalue weighted by Crippen LogP contribution is -2.31. The van der Waals surface area contributed by atoms with Crippen LogP contribution in [0.5, 0.6) is 0 Å². The van der Waals surface area contributed by atoms with E-state index >= 15 is 0 Å². The van der Waals surface area contributed by atoms with Crippen molar-refractivity contribution in [2.45, 2.75) is 53.8 Å². The number of halogens is 3. The van der Waals surface area contributed by atoms with Crippen molar-refractivity contribution in [2.75, 3.05) is 0 Å². The molecule has 0 aromatic rings. The Morgan fingerprint density at radius 3 is 1.27 bits per heavy atom. The zero-order valence-electron chi connectivity index (χ0n) is 10.3. The monoisotopic (exact) mass is 229 g/mol. The van der Waals surface area contributed by atoms with Gasteiger partial charge in [-0.1, -0.05) is 34.6 Å². The topological polar surface area (TPSA) is 43.1 Å². The summed E-state index contributed by atoms with van der Waals surface area (Å²) in [6.45, 7) is 12.4. The molecule has 0 aromatic heterocycles. The molecule has 1 atom stereocenters. The molecule has 0 saturated carbocycles. The summed E-state index contributed by atoms with van der Waals surface area (Å²) in [6, 6.07) is 0.299. The number of aldehydes is 1. The van der Waals surface area contributed by atoms with E-state index in [1.807, 2.05) is 20.8 Å². The fourth-order valence-electron chi connectivity index (χ4n) is 0. The van der Waals surface area contributed by atoms with Gasteiger partial charge in [0.25, 0.3) is 0 Å². The maximum absolute atomic E-state index is 10.4. The van der Waals surface area contributed by atoms with Crippen LogP contribution in [-0.4, -0.2) is 18.5 Å². The summed E-state index contributed by atoms with van der Waals surface area (Å²) in [5, 5.41) is 0. The number of rotatable bonds is 0. The third-order valence-electron chi connectivity index (χ3n) is 1.50. The summed E-state index contributed by atoms with van der Waals surface area (Å²) in [6.07, 6.45) is -5.70. The predicted molar refractivity (Wildman–Crippen MR) is 56.6 cm³/mol. The van der Waals surface area contributed by atoms with Gasteiger partial charge in [0.1, 0.15) is 0 Å². The Bertz CT molecular complexity index is 148. The van der Waals surface area contributed by atoms with Crippen LogP contribution in [0.25, 0.3) is 0 Å². The smallest absolute Gasteiger partial charge is 0.327 e. The van der Waals surface area contributed by atoms with Gasteiger partial charge in [0.15, 0.2) is 0 Å². The molecule has 2 nitrogen and oxygen atoms in total. The average molecular weight is 229 g/mol. The number of hydrogen-bond donors (Lipinski definition) is 1. The third kappa shape index (κ3) is 24.7. The van der Waals surface area contributed by atoms with Crippen LogP contribution in [0.15, 0.2) is 0 Å². The summed E-state index contributed by atoms with van der Waals surface area (Å²) in [7, 11) is 0. The van der Waals surface area contributed by atoms with Crippen molar-refractivity contribution in [3.8, 4) is 0 Å². The average Bonchev–Trinajstić information content (AvgIpc) is 2.06. The van der Waals surface area contributed by atoms with Crippen molar-refractivity contribution in [1.29, 1.82) is 0 Å². The predicted octanol–water partition coefficient (Wildman–Crippen LogP) is 3.15. The molecule has 0 aromatic carbocycles. The highest BCUT2D eigenvalue weighted by Gasteiger charge is 2.24. The van der Waals surface area contributed by atoms with Crippen molar-refractivity contribution in [2.24, 2.45) is 11.1 Å². The molecule has 0 saturated heterocycles. The molecule has 0 fully saturated rings. The van der Waals surface area contributed by atoms with Gasteiger partial charge in [-0.05, 0) is 12.3 Å². The van der Waals surface area contributed by atoms with E-state index in [0.29, 0.717) is 6.04 Å². The molecular weight excluding hydrogens is 207 g/mol. The highest BCUT2D eigenvalue weighted by molar-refractivity contribution is 5.56. The van der Waals surface area contributed by atoms with Crippen LogP contribution in [-0.2, 0) is 4.79 Å². The van der Waals surface area contributed by atoms with Crippen LogP contribution in [0.4, 0.5) is 13.2 Å². The fourth-order valence-corrected chi connectivity index (χ4v) is 0. The van der Waals surface area contributed by atoms with E-state index in [0.717, 1.165) is 0 Å². The van der Waals surface area contributed by atoms with Gasteiger partial charge < -0.3 is 5.73 Å². The first-order valence-corrected chi connectivity index (χ1v) is 4.79. The third-order valence-corrected chi connectivity index (χ3v) is 1.50. The second-order valence-electron chi connectivity index (χ2n) is 3.81. The molecule has 0 aliphatic rings. The van der Waals surface area contributed by atoms with E-state index in [4.69, 9.17) is 10.5 Å². The number of carbonyl (C=O) groups excluding carboxylic acids is 1. The molecule has 1 unspecified atom stereocenters. The van der Waals surface area contributed by atoms with Gasteiger partial charge in [0.2, 0.25) is 6.29 Å². The Balaban J connectivity index is -0.000000166. The minimum absolute atomic E-state index is 0.278. The van der Waals surface area contributed by atoms with Crippen molar-refractivity contribution >= 4 is 6.29 Å². The maximum atomic E-state index is 10.4. The van der Waals surface area contributed by atoms with Gasteiger partial charge in [-0.3, -0.25) is 4.79 Å². The standard InChI is InChI=1S/C6H15N.C2HF3O.C2H6/c1-5(7)6(2,3)4;3-2(4,5)1-6;1-2/h5H,7H2,1-4H3;1H;1-2H3. The number of alkyl halides is 3. The quantitative estimate of drug-likeness (QED) is 0.648. The largest absolute Gasteiger partial charge is 0.446 e. The summed E-state index contributed by atoms with van der Waals surface area (Å²) >= 11 is 0. The first-order valence-electron chi connectivity index (χ1n) is 4.79. The van der Waals surface area contributed by atoms with E-state index in [-0.39, 0.29) is 5.41 Å². The Morgan fingerprint density at radius 1 is 1.13 bits per heavy atom. The van der Waals surface area contributed by atoms with Crippen LogP contribution in [0.1, 0.15) is 41.5 Å². The van der Waals surface area contributed by atoms with Crippen LogP contribution in [0.2, 0.25) is 0 Å². The van der Waals surface area contributed by atoms with Crippen LogP contribution in [0, 0.1) is 5.41 Å². The minimum Gasteiger partial charge on any atom is -0.327 e. The summed E-state index contributed by atoms with van der Waals surface area (Å²) in [5.41, 5.74) is 5.85. The van der Waals surface area contributed by atoms with Crippen LogP contribution < -0.4 is 5.73 Å². The van der Waals surface area contributed by atoms with Crippen molar-refractivity contribution in [3.05, 3.63) is 0 Å². The Hall–Kier alpha value is -0.580. The normalized spacial score (nSPS) is 12.7. The first-order chi connectivity index (χ1) is 6.50. The molecule has 94 valence electrons.